The van der Waals surface area contributed by atoms with Gasteiger partial charge < -0.3 is 15.6 Å². The molecule has 1 amide bonds. The minimum atomic E-state index is -0.364. The molecule has 86 valence electrons. The number of primary amides is 1. The number of aromatic nitrogens is 2. The van der Waals surface area contributed by atoms with Crippen molar-refractivity contribution >= 4 is 11.7 Å². The summed E-state index contributed by atoms with van der Waals surface area (Å²) in [7, 11) is 0. The van der Waals surface area contributed by atoms with Gasteiger partial charge in [-0.05, 0) is 19.8 Å². The van der Waals surface area contributed by atoms with Crippen molar-refractivity contribution in [3.63, 3.8) is 0 Å². The zero-order chi connectivity index (χ0) is 11.7. The normalized spacial score (nSPS) is 20.1. The summed E-state index contributed by atoms with van der Waals surface area (Å²) in [6.45, 7) is 2.42. The van der Waals surface area contributed by atoms with E-state index in [1.165, 1.54) is 6.07 Å². The molecule has 1 unspecified atom stereocenters. The first-order chi connectivity index (χ1) is 7.58. The summed E-state index contributed by atoms with van der Waals surface area (Å²) in [5.41, 5.74) is 5.10. The van der Waals surface area contributed by atoms with Crippen LogP contribution in [0.2, 0.25) is 0 Å². The fourth-order valence-corrected chi connectivity index (χ4v) is 2.05. The van der Waals surface area contributed by atoms with Crippen molar-refractivity contribution < 1.29 is 4.79 Å². The Morgan fingerprint density at radius 3 is 3.06 bits per heavy atom. The Labute approximate surface area is 92.5 Å². The van der Waals surface area contributed by atoms with Crippen molar-refractivity contribution in [2.75, 3.05) is 11.4 Å². The van der Waals surface area contributed by atoms with Crippen LogP contribution < -0.4 is 16.2 Å². The number of amides is 1. The molecule has 0 spiro atoms. The van der Waals surface area contributed by atoms with E-state index in [2.05, 4.69) is 9.97 Å². The third-order valence-corrected chi connectivity index (χ3v) is 2.72. The summed E-state index contributed by atoms with van der Waals surface area (Å²) >= 11 is 0. The Morgan fingerprint density at radius 2 is 2.44 bits per heavy atom. The zero-order valence-electron chi connectivity index (χ0n) is 9.06. The van der Waals surface area contributed by atoms with Crippen molar-refractivity contribution in [3.05, 3.63) is 22.2 Å². The Hall–Kier alpha value is -1.85. The Morgan fingerprint density at radius 1 is 1.69 bits per heavy atom. The van der Waals surface area contributed by atoms with Crippen LogP contribution in [0, 0.1) is 6.92 Å². The van der Waals surface area contributed by atoms with Crippen LogP contribution >= 0.6 is 0 Å². The van der Waals surface area contributed by atoms with Crippen LogP contribution in [0.1, 0.15) is 18.7 Å². The van der Waals surface area contributed by atoms with Gasteiger partial charge in [-0.2, -0.15) is 0 Å². The molecule has 6 heteroatoms. The molecule has 0 aromatic carbocycles. The molecular formula is C10H14N4O2. The minimum absolute atomic E-state index is 0.211. The standard InChI is InChI=1S/C10H14N4O2/c1-6-12-8(5-9(15)13-6)14-4-2-3-7(14)10(11)16/h5,7H,2-4H2,1H3,(H2,11,16)(H,12,13,15). The van der Waals surface area contributed by atoms with Gasteiger partial charge in [0, 0.05) is 12.6 Å². The number of rotatable bonds is 2. The molecule has 0 aliphatic carbocycles. The number of aryl methyl sites for hydroxylation is 1. The molecule has 3 N–H and O–H groups in total. The number of nitrogens with one attached hydrogen (secondary N) is 1. The van der Waals surface area contributed by atoms with Gasteiger partial charge in [-0.1, -0.05) is 0 Å². The quantitative estimate of drug-likeness (QED) is 0.707. The molecule has 0 bridgehead atoms. The average Bonchev–Trinajstić information content (AvgIpc) is 2.63. The first kappa shape index (κ1) is 10.7. The van der Waals surface area contributed by atoms with E-state index >= 15 is 0 Å². The van der Waals surface area contributed by atoms with Crippen LogP contribution in [0.15, 0.2) is 10.9 Å². The molecule has 1 aliphatic rings. The lowest BCUT2D eigenvalue weighted by atomic mass is 10.2. The van der Waals surface area contributed by atoms with Gasteiger partial charge in [0.25, 0.3) is 5.56 Å². The number of hydrogen-bond acceptors (Lipinski definition) is 4. The fraction of sp³-hybridized carbons (Fsp3) is 0.500. The number of anilines is 1. The number of nitrogens with two attached hydrogens (primary N) is 1. The number of H-pyrrole nitrogens is 1. The second-order valence-corrected chi connectivity index (χ2v) is 3.94. The van der Waals surface area contributed by atoms with Crippen molar-refractivity contribution in [2.45, 2.75) is 25.8 Å². The molecule has 0 saturated carbocycles. The maximum absolute atomic E-state index is 11.3. The molecular weight excluding hydrogens is 208 g/mol. The van der Waals surface area contributed by atoms with Gasteiger partial charge >= 0.3 is 0 Å². The second kappa shape index (κ2) is 3.96. The maximum atomic E-state index is 11.3. The average molecular weight is 222 g/mol. The van der Waals surface area contributed by atoms with E-state index in [4.69, 9.17) is 5.73 Å². The van der Waals surface area contributed by atoms with Gasteiger partial charge in [0.15, 0.2) is 0 Å². The highest BCUT2D eigenvalue weighted by atomic mass is 16.1. The molecule has 1 fully saturated rings. The molecule has 1 aromatic rings. The smallest absolute Gasteiger partial charge is 0.252 e. The van der Waals surface area contributed by atoms with E-state index < -0.39 is 0 Å². The predicted octanol–water partition coefficient (Wildman–Crippen LogP) is -0.468. The summed E-state index contributed by atoms with van der Waals surface area (Å²) in [6.07, 6.45) is 1.62. The molecule has 1 aromatic heterocycles. The van der Waals surface area contributed by atoms with Gasteiger partial charge in [-0.25, -0.2) is 4.98 Å². The van der Waals surface area contributed by atoms with Crippen molar-refractivity contribution in [1.29, 1.82) is 0 Å². The third-order valence-electron chi connectivity index (χ3n) is 2.72. The van der Waals surface area contributed by atoms with Crippen molar-refractivity contribution in [1.82, 2.24) is 9.97 Å². The van der Waals surface area contributed by atoms with Gasteiger partial charge in [-0.3, -0.25) is 9.59 Å². The number of hydrogen-bond donors (Lipinski definition) is 2. The van der Waals surface area contributed by atoms with E-state index in [9.17, 15) is 9.59 Å². The van der Waals surface area contributed by atoms with E-state index in [0.717, 1.165) is 12.8 Å². The highest BCUT2D eigenvalue weighted by molar-refractivity contribution is 5.83. The topological polar surface area (TPSA) is 92.1 Å². The van der Waals surface area contributed by atoms with E-state index in [0.29, 0.717) is 18.2 Å². The summed E-state index contributed by atoms with van der Waals surface area (Å²) in [5, 5.41) is 0. The minimum Gasteiger partial charge on any atom is -0.368 e. The summed E-state index contributed by atoms with van der Waals surface area (Å²) in [6, 6.07) is 1.06. The monoisotopic (exact) mass is 222 g/mol. The maximum Gasteiger partial charge on any atom is 0.252 e. The number of aromatic amines is 1. The van der Waals surface area contributed by atoms with Gasteiger partial charge in [0.05, 0.1) is 0 Å². The lowest BCUT2D eigenvalue weighted by Gasteiger charge is -2.22. The first-order valence-corrected chi connectivity index (χ1v) is 5.22. The molecule has 16 heavy (non-hydrogen) atoms. The van der Waals surface area contributed by atoms with Crippen molar-refractivity contribution in [2.24, 2.45) is 5.73 Å². The largest absolute Gasteiger partial charge is 0.368 e. The number of carbonyl (C=O) groups is 1. The van der Waals surface area contributed by atoms with Crippen LogP contribution in [-0.4, -0.2) is 28.5 Å². The van der Waals surface area contributed by atoms with E-state index in [1.54, 1.807) is 11.8 Å². The first-order valence-electron chi connectivity index (χ1n) is 5.22. The Balaban J connectivity index is 2.36. The van der Waals surface area contributed by atoms with Gasteiger partial charge in [-0.15, -0.1) is 0 Å². The molecule has 6 nitrogen and oxygen atoms in total. The van der Waals surface area contributed by atoms with Crippen LogP contribution in [0.5, 0.6) is 0 Å². The zero-order valence-corrected chi connectivity index (χ0v) is 9.06. The molecule has 2 heterocycles. The lowest BCUT2D eigenvalue weighted by Crippen LogP contribution is -2.41. The van der Waals surface area contributed by atoms with E-state index in [1.807, 2.05) is 0 Å². The van der Waals surface area contributed by atoms with Gasteiger partial charge in [0.1, 0.15) is 17.7 Å². The van der Waals surface area contributed by atoms with Crippen LogP contribution in [0.3, 0.4) is 0 Å². The van der Waals surface area contributed by atoms with Crippen LogP contribution in [0.25, 0.3) is 0 Å². The second-order valence-electron chi connectivity index (χ2n) is 3.94. The highest BCUT2D eigenvalue weighted by Gasteiger charge is 2.30. The van der Waals surface area contributed by atoms with Gasteiger partial charge in [0.2, 0.25) is 5.91 Å². The summed E-state index contributed by atoms with van der Waals surface area (Å²) in [4.78, 5) is 31.1. The molecule has 2 rings (SSSR count). The van der Waals surface area contributed by atoms with Crippen molar-refractivity contribution in [3.8, 4) is 0 Å². The highest BCUT2D eigenvalue weighted by Crippen LogP contribution is 2.22. The molecule has 1 aliphatic heterocycles. The van der Waals surface area contributed by atoms with Crippen LogP contribution in [0.4, 0.5) is 5.82 Å². The Bertz CT molecular complexity index is 468. The number of carbonyl (C=O) groups excluding carboxylic acids is 1. The fourth-order valence-electron chi connectivity index (χ4n) is 2.05. The van der Waals surface area contributed by atoms with E-state index in [-0.39, 0.29) is 17.5 Å². The molecule has 1 saturated heterocycles. The predicted molar refractivity (Wildman–Crippen MR) is 59.2 cm³/mol. The number of nitrogens with zero attached hydrogens (tertiary/aromatic N) is 2. The summed E-state index contributed by atoms with van der Waals surface area (Å²) < 4.78 is 0. The molecule has 0 radical (unpaired) electrons. The lowest BCUT2D eigenvalue weighted by molar-refractivity contribution is -0.119. The summed E-state index contributed by atoms with van der Waals surface area (Å²) in [5.74, 6) is 0.706. The Kier molecular flexibility index (Phi) is 2.64. The third kappa shape index (κ3) is 1.91. The molecule has 1 atom stereocenters. The van der Waals surface area contributed by atoms with Crippen LogP contribution in [-0.2, 0) is 4.79 Å². The SMILES string of the molecule is Cc1nc(N2CCCC2C(N)=O)cc(=O)[nH]1.